The fourth-order valence-corrected chi connectivity index (χ4v) is 2.33. The highest BCUT2D eigenvalue weighted by atomic mass is 31.2. The van der Waals surface area contributed by atoms with Crippen molar-refractivity contribution >= 4 is 12.9 Å². The van der Waals surface area contributed by atoms with Crippen LogP contribution < -0.4 is 5.30 Å². The van der Waals surface area contributed by atoms with E-state index in [2.05, 4.69) is 30.7 Å². The van der Waals surface area contributed by atoms with Gasteiger partial charge in [0, 0.05) is 12.4 Å². The summed E-state index contributed by atoms with van der Waals surface area (Å²) in [6, 6.07) is 6.52. The van der Waals surface area contributed by atoms with E-state index >= 15 is 0 Å². The lowest BCUT2D eigenvalue weighted by Gasteiger charge is -2.19. The van der Waals surface area contributed by atoms with Crippen molar-refractivity contribution in [1.29, 1.82) is 0 Å². The van der Waals surface area contributed by atoms with E-state index in [-0.39, 0.29) is 10.7 Å². The van der Waals surface area contributed by atoms with Crippen molar-refractivity contribution in [2.45, 2.75) is 26.2 Å². The van der Waals surface area contributed by atoms with Crippen molar-refractivity contribution in [3.8, 4) is 11.4 Å². The molecule has 2 aromatic heterocycles. The summed E-state index contributed by atoms with van der Waals surface area (Å²) in [4.78, 5) is 26.8. The van der Waals surface area contributed by atoms with E-state index in [1.54, 1.807) is 6.20 Å². The second kappa shape index (κ2) is 5.09. The molecule has 0 aliphatic carbocycles. The van der Waals surface area contributed by atoms with Crippen LogP contribution in [0, 0.1) is 0 Å². The zero-order chi connectivity index (χ0) is 15.0. The van der Waals surface area contributed by atoms with Crippen LogP contribution in [-0.4, -0.2) is 19.8 Å². The molecule has 0 spiro atoms. The molecule has 0 fully saturated rings. The number of rotatable bonds is 2. The zero-order valence-electron chi connectivity index (χ0n) is 11.6. The van der Waals surface area contributed by atoms with Gasteiger partial charge in [0.2, 0.25) is 0 Å². The van der Waals surface area contributed by atoms with Crippen LogP contribution in [0.1, 0.15) is 26.3 Å². The van der Waals surface area contributed by atoms with Crippen LogP contribution in [0.4, 0.5) is 0 Å². The average molecular weight is 292 g/mol. The van der Waals surface area contributed by atoms with Crippen LogP contribution >= 0.6 is 7.60 Å². The van der Waals surface area contributed by atoms with E-state index in [9.17, 15) is 14.4 Å². The van der Waals surface area contributed by atoms with Gasteiger partial charge in [-0.05, 0) is 35.2 Å². The number of aromatic nitrogens is 2. The summed E-state index contributed by atoms with van der Waals surface area (Å²) in [7, 11) is -4.28. The van der Waals surface area contributed by atoms with Crippen LogP contribution in [0.5, 0.6) is 0 Å². The third-order valence-electron chi connectivity index (χ3n) is 2.97. The molecule has 2 heterocycles. The van der Waals surface area contributed by atoms with Gasteiger partial charge in [0.25, 0.3) is 0 Å². The maximum absolute atomic E-state index is 11.3. The predicted molar refractivity (Wildman–Crippen MR) is 77.8 cm³/mol. The van der Waals surface area contributed by atoms with Gasteiger partial charge in [-0.1, -0.05) is 20.8 Å². The molecular weight excluding hydrogens is 275 g/mol. The largest absolute Gasteiger partial charge is 0.356 e. The summed E-state index contributed by atoms with van der Waals surface area (Å²) in [6.45, 7) is 6.27. The molecule has 2 aromatic rings. The maximum Gasteiger partial charge on any atom is 0.356 e. The van der Waals surface area contributed by atoms with Gasteiger partial charge in [-0.3, -0.25) is 14.5 Å². The molecule has 5 nitrogen and oxygen atoms in total. The molecule has 0 bridgehead atoms. The minimum absolute atomic E-state index is 0.0292. The minimum Gasteiger partial charge on any atom is -0.321 e. The normalized spacial score (nSPS) is 12.4. The van der Waals surface area contributed by atoms with E-state index in [1.807, 2.05) is 12.1 Å². The van der Waals surface area contributed by atoms with Gasteiger partial charge >= 0.3 is 7.60 Å². The van der Waals surface area contributed by atoms with Crippen LogP contribution in [0.2, 0.25) is 0 Å². The topological polar surface area (TPSA) is 83.3 Å². The van der Waals surface area contributed by atoms with Crippen LogP contribution in [0.3, 0.4) is 0 Å². The first-order valence-corrected chi connectivity index (χ1v) is 7.78. The molecule has 0 amide bonds. The minimum atomic E-state index is -4.28. The molecule has 106 valence electrons. The average Bonchev–Trinajstić information content (AvgIpc) is 2.37. The van der Waals surface area contributed by atoms with Gasteiger partial charge in [0.1, 0.15) is 0 Å². The Hall–Kier alpha value is -1.55. The lowest BCUT2D eigenvalue weighted by atomic mass is 9.87. The fourth-order valence-electron chi connectivity index (χ4n) is 1.78. The first kappa shape index (κ1) is 14.9. The Labute approximate surface area is 117 Å². The lowest BCUT2D eigenvalue weighted by Crippen LogP contribution is -2.11. The first-order chi connectivity index (χ1) is 9.18. The third kappa shape index (κ3) is 3.31. The third-order valence-corrected chi connectivity index (χ3v) is 3.92. The number of hydrogen-bond acceptors (Lipinski definition) is 3. The number of nitrogens with zero attached hydrogens (tertiary/aromatic N) is 2. The standard InChI is InChI=1S/C14H17N2O3P/c1-14(2,3)10-4-6-15-12(8-10)13-9-11(5-7-16-13)20(17,18)19/h4-9H,1-3H3,(H2,17,18,19). The molecule has 2 rings (SSSR count). The molecule has 0 atom stereocenters. The lowest BCUT2D eigenvalue weighted by molar-refractivity contribution is 0.387. The van der Waals surface area contributed by atoms with Crippen LogP contribution in [0.25, 0.3) is 11.4 Å². The van der Waals surface area contributed by atoms with Gasteiger partial charge in [0.15, 0.2) is 0 Å². The highest BCUT2D eigenvalue weighted by molar-refractivity contribution is 7.60. The zero-order valence-corrected chi connectivity index (χ0v) is 12.5. The van der Waals surface area contributed by atoms with Crippen molar-refractivity contribution in [3.05, 3.63) is 42.2 Å². The quantitative estimate of drug-likeness (QED) is 0.829. The molecule has 0 saturated carbocycles. The van der Waals surface area contributed by atoms with E-state index in [4.69, 9.17) is 0 Å². The van der Waals surface area contributed by atoms with E-state index in [1.165, 1.54) is 18.3 Å². The molecule has 6 heteroatoms. The Morgan fingerprint density at radius 1 is 1.00 bits per heavy atom. The Balaban J connectivity index is 2.50. The fraction of sp³-hybridized carbons (Fsp3) is 0.286. The summed E-state index contributed by atoms with van der Waals surface area (Å²) in [5.74, 6) is 0. The Morgan fingerprint density at radius 3 is 2.10 bits per heavy atom. The molecular formula is C14H17N2O3P. The monoisotopic (exact) mass is 292 g/mol. The van der Waals surface area contributed by atoms with Crippen LogP contribution in [0.15, 0.2) is 36.7 Å². The molecule has 0 aliphatic heterocycles. The molecule has 0 saturated heterocycles. The number of pyridine rings is 2. The maximum atomic E-state index is 11.3. The van der Waals surface area contributed by atoms with Gasteiger partial charge in [-0.25, -0.2) is 0 Å². The van der Waals surface area contributed by atoms with Crippen molar-refractivity contribution < 1.29 is 14.4 Å². The highest BCUT2D eigenvalue weighted by Gasteiger charge is 2.19. The Bertz CT molecular complexity index is 674. The smallest absolute Gasteiger partial charge is 0.321 e. The summed E-state index contributed by atoms with van der Waals surface area (Å²) in [6.07, 6.45) is 3.07. The molecule has 2 N–H and O–H groups in total. The van der Waals surface area contributed by atoms with Gasteiger partial charge in [0.05, 0.1) is 16.7 Å². The molecule has 0 unspecified atom stereocenters. The van der Waals surface area contributed by atoms with E-state index in [0.717, 1.165) is 5.56 Å². The van der Waals surface area contributed by atoms with Crippen molar-refractivity contribution in [2.24, 2.45) is 0 Å². The van der Waals surface area contributed by atoms with Gasteiger partial charge in [-0.15, -0.1) is 0 Å². The molecule has 0 aromatic carbocycles. The Kier molecular flexibility index (Phi) is 3.78. The van der Waals surface area contributed by atoms with Crippen molar-refractivity contribution in [3.63, 3.8) is 0 Å². The second-order valence-corrected chi connectivity index (χ2v) is 7.23. The predicted octanol–water partition coefficient (Wildman–Crippen LogP) is 2.24. The summed E-state index contributed by atoms with van der Waals surface area (Å²) in [5.41, 5.74) is 2.12. The highest BCUT2D eigenvalue weighted by Crippen LogP contribution is 2.34. The second-order valence-electron chi connectivity index (χ2n) is 5.62. The summed E-state index contributed by atoms with van der Waals surface area (Å²) < 4.78 is 11.3. The van der Waals surface area contributed by atoms with Crippen molar-refractivity contribution in [1.82, 2.24) is 9.97 Å². The van der Waals surface area contributed by atoms with E-state index in [0.29, 0.717) is 11.4 Å². The van der Waals surface area contributed by atoms with Gasteiger partial charge in [-0.2, -0.15) is 0 Å². The summed E-state index contributed by atoms with van der Waals surface area (Å²) in [5, 5.41) is -0.0505. The molecule has 0 aliphatic rings. The van der Waals surface area contributed by atoms with Crippen LogP contribution in [-0.2, 0) is 9.98 Å². The SMILES string of the molecule is CC(C)(C)c1ccnc(-c2cc(P(=O)(O)O)ccn2)c1. The molecule has 0 radical (unpaired) electrons. The van der Waals surface area contributed by atoms with E-state index < -0.39 is 7.60 Å². The van der Waals surface area contributed by atoms with Gasteiger partial charge < -0.3 is 9.79 Å². The molecule has 20 heavy (non-hydrogen) atoms. The number of hydrogen-bond donors (Lipinski definition) is 2. The summed E-state index contributed by atoms with van der Waals surface area (Å²) >= 11 is 0. The Morgan fingerprint density at radius 2 is 1.55 bits per heavy atom. The van der Waals surface area contributed by atoms with Crippen molar-refractivity contribution in [2.75, 3.05) is 0 Å². The first-order valence-electron chi connectivity index (χ1n) is 6.17.